The van der Waals surface area contributed by atoms with Crippen LogP contribution in [0, 0.1) is 23.2 Å². The maximum atomic E-state index is 5.67. The molecule has 0 aliphatic heterocycles. The van der Waals surface area contributed by atoms with E-state index in [4.69, 9.17) is 4.42 Å². The van der Waals surface area contributed by atoms with E-state index in [1.54, 1.807) is 0 Å². The van der Waals surface area contributed by atoms with E-state index < -0.39 is 0 Å². The summed E-state index contributed by atoms with van der Waals surface area (Å²) >= 11 is 0.704. The van der Waals surface area contributed by atoms with E-state index in [0.717, 1.165) is 11.3 Å². The molecule has 66 valence electrons. The molecule has 0 spiro atoms. The molecule has 0 N–H and O–H groups in total. The average molecular weight is 374 g/mol. The molecule has 0 unspecified atom stereocenters. The van der Waals surface area contributed by atoms with Gasteiger partial charge in [0, 0.05) is 0 Å². The number of rotatable bonds is 0. The van der Waals surface area contributed by atoms with Crippen molar-refractivity contribution in [2.24, 2.45) is 0 Å². The average Bonchev–Trinajstić information content (AvgIpc) is 2.57. The summed E-state index contributed by atoms with van der Waals surface area (Å²) in [5, 5.41) is 1.19. The predicted octanol–water partition coefficient (Wildman–Crippen LogP) is 2.53. The standard InChI is InChI=1S/C12H9O.Tl/c1-4-10-7-11-8(2)5-6-9(3)12(11)13-10;/h5-7H,2-3H3;. The van der Waals surface area contributed by atoms with Crippen LogP contribution in [0.25, 0.3) is 11.0 Å². The van der Waals surface area contributed by atoms with Gasteiger partial charge in [-0.25, -0.2) is 0 Å². The molecule has 1 nitrogen and oxygen atoms in total. The van der Waals surface area contributed by atoms with Gasteiger partial charge in [0.05, 0.1) is 0 Å². The summed E-state index contributed by atoms with van der Waals surface area (Å²) in [6.07, 6.45) is 0. The van der Waals surface area contributed by atoms with E-state index in [9.17, 15) is 0 Å². The molecule has 0 atom stereocenters. The third-order valence-corrected chi connectivity index (χ3v) is 2.85. The molecule has 1 aromatic heterocycles. The van der Waals surface area contributed by atoms with Crippen LogP contribution >= 0.6 is 0 Å². The molecule has 2 heteroatoms. The van der Waals surface area contributed by atoms with Gasteiger partial charge >= 0.3 is 99.5 Å². The third kappa shape index (κ3) is 1.59. The summed E-state index contributed by atoms with van der Waals surface area (Å²) in [5.41, 5.74) is 3.40. The molecule has 2 rings (SSSR count). The minimum atomic E-state index is 0.704. The Morgan fingerprint density at radius 1 is 1.21 bits per heavy atom. The number of hydrogen-bond acceptors (Lipinski definition) is 1. The summed E-state index contributed by atoms with van der Waals surface area (Å²) in [6, 6.07) is 6.24. The van der Waals surface area contributed by atoms with Gasteiger partial charge in [-0.2, -0.15) is 0 Å². The molecule has 0 aliphatic rings. The van der Waals surface area contributed by atoms with Crippen molar-refractivity contribution >= 4 is 36.7 Å². The molecular weight excluding hydrogens is 365 g/mol. The molecule has 14 heavy (non-hydrogen) atoms. The van der Waals surface area contributed by atoms with Crippen molar-refractivity contribution in [3.05, 3.63) is 35.1 Å². The van der Waals surface area contributed by atoms with Crippen molar-refractivity contribution in [3.8, 4) is 9.40 Å². The Kier molecular flexibility index (Phi) is 2.64. The van der Waals surface area contributed by atoms with Gasteiger partial charge in [-0.15, -0.1) is 0 Å². The maximum absolute atomic E-state index is 5.67. The Bertz CT molecular complexity index is 501. The van der Waals surface area contributed by atoms with Crippen LogP contribution in [0.3, 0.4) is 0 Å². The molecule has 0 bridgehead atoms. The van der Waals surface area contributed by atoms with Crippen LogP contribution in [0.15, 0.2) is 22.6 Å². The first-order valence-corrected chi connectivity index (χ1v) is 6.68. The van der Waals surface area contributed by atoms with E-state index in [0.29, 0.717) is 25.8 Å². The molecular formula is C12H9OTl. The van der Waals surface area contributed by atoms with E-state index in [1.807, 2.05) is 6.07 Å². The Balaban J connectivity index is 2.79. The number of hydrogen-bond donors (Lipinski definition) is 0. The summed E-state index contributed by atoms with van der Waals surface area (Å²) < 4.78 is 8.68. The van der Waals surface area contributed by atoms with Crippen molar-refractivity contribution in [2.45, 2.75) is 13.8 Å². The molecule has 0 fully saturated rings. The minimum absolute atomic E-state index is 0.704. The summed E-state index contributed by atoms with van der Waals surface area (Å²) in [6.45, 7) is 4.15. The normalized spacial score (nSPS) is 9.79. The van der Waals surface area contributed by atoms with E-state index in [2.05, 4.69) is 35.4 Å². The number of fused-ring (bicyclic) bond motifs is 1. The second-order valence-electron chi connectivity index (χ2n) is 3.32. The number of benzene rings is 1. The van der Waals surface area contributed by atoms with Crippen molar-refractivity contribution in [1.29, 1.82) is 0 Å². The molecule has 1 aromatic carbocycles. The van der Waals surface area contributed by atoms with Crippen LogP contribution < -0.4 is 0 Å². The van der Waals surface area contributed by atoms with Crippen LogP contribution in [-0.2, 0) is 0 Å². The second-order valence-corrected chi connectivity index (χ2v) is 4.44. The molecule has 1 heterocycles. The van der Waals surface area contributed by atoms with Gasteiger partial charge in [-0.1, -0.05) is 0 Å². The zero-order valence-electron chi connectivity index (χ0n) is 8.22. The first-order chi connectivity index (χ1) is 6.72. The topological polar surface area (TPSA) is 13.1 Å². The van der Waals surface area contributed by atoms with Crippen molar-refractivity contribution in [1.82, 2.24) is 0 Å². The number of furan rings is 1. The van der Waals surface area contributed by atoms with Gasteiger partial charge in [-0.05, 0) is 0 Å². The van der Waals surface area contributed by atoms with Gasteiger partial charge in [0.25, 0.3) is 0 Å². The van der Waals surface area contributed by atoms with E-state index >= 15 is 0 Å². The fourth-order valence-corrected chi connectivity index (χ4v) is 2.08. The van der Waals surface area contributed by atoms with Crippen LogP contribution in [0.1, 0.15) is 16.9 Å². The van der Waals surface area contributed by atoms with Crippen molar-refractivity contribution in [2.75, 3.05) is 0 Å². The van der Waals surface area contributed by atoms with Gasteiger partial charge in [-0.3, -0.25) is 0 Å². The van der Waals surface area contributed by atoms with Crippen molar-refractivity contribution < 1.29 is 4.42 Å². The quantitative estimate of drug-likeness (QED) is 0.511. The first-order valence-electron chi connectivity index (χ1n) is 4.43. The molecule has 0 saturated heterocycles. The Morgan fingerprint density at radius 3 is 2.57 bits per heavy atom. The fraction of sp³-hybridized carbons (Fsp3) is 0.167. The van der Waals surface area contributed by atoms with Crippen molar-refractivity contribution in [3.63, 3.8) is 0 Å². The number of aryl methyl sites for hydroxylation is 2. The van der Waals surface area contributed by atoms with Crippen LogP contribution in [0.4, 0.5) is 0 Å². The molecule has 2 aromatic rings. The molecule has 0 radical (unpaired) electrons. The molecule has 0 aliphatic carbocycles. The van der Waals surface area contributed by atoms with Gasteiger partial charge in [0.15, 0.2) is 0 Å². The van der Waals surface area contributed by atoms with E-state index in [1.165, 1.54) is 16.5 Å². The van der Waals surface area contributed by atoms with Crippen LogP contribution in [0.5, 0.6) is 0 Å². The Labute approximate surface area is 99.2 Å². The summed E-state index contributed by atoms with van der Waals surface area (Å²) in [5.74, 6) is 3.80. The second kappa shape index (κ2) is 3.78. The Hall–Kier alpha value is -0.758. The first kappa shape index (κ1) is 9.78. The zero-order chi connectivity index (χ0) is 10.1. The third-order valence-electron chi connectivity index (χ3n) is 2.29. The van der Waals surface area contributed by atoms with E-state index in [-0.39, 0.29) is 0 Å². The monoisotopic (exact) mass is 374 g/mol. The zero-order valence-corrected chi connectivity index (χ0v) is 12.7. The Morgan fingerprint density at radius 2 is 1.93 bits per heavy atom. The van der Waals surface area contributed by atoms with Gasteiger partial charge in [0.2, 0.25) is 0 Å². The summed E-state index contributed by atoms with van der Waals surface area (Å²) in [4.78, 5) is 0. The molecule has 0 saturated carbocycles. The summed E-state index contributed by atoms with van der Waals surface area (Å²) in [7, 11) is 0. The fourth-order valence-electron chi connectivity index (χ4n) is 1.53. The van der Waals surface area contributed by atoms with Gasteiger partial charge in [0.1, 0.15) is 0 Å². The SMILES string of the molecule is Cc1ccc(C)c2oc(C#[C][Tl])cc12. The van der Waals surface area contributed by atoms with Crippen LogP contribution in [-0.4, -0.2) is 25.8 Å². The van der Waals surface area contributed by atoms with Crippen LogP contribution in [0.2, 0.25) is 0 Å². The predicted molar refractivity (Wildman–Crippen MR) is 58.3 cm³/mol. The van der Waals surface area contributed by atoms with Gasteiger partial charge < -0.3 is 0 Å². The molecule has 0 amide bonds.